The summed E-state index contributed by atoms with van der Waals surface area (Å²) in [6.07, 6.45) is 1.29. The Morgan fingerprint density at radius 3 is 2.26 bits per heavy atom. The summed E-state index contributed by atoms with van der Waals surface area (Å²) in [6, 6.07) is 18.8. The first-order valence-electron chi connectivity index (χ1n) is 11.7. The van der Waals surface area contributed by atoms with Gasteiger partial charge in [0.05, 0.1) is 30.1 Å². The lowest BCUT2D eigenvalue weighted by Crippen LogP contribution is -2.32. The fourth-order valence-electron chi connectivity index (χ4n) is 3.17. The molecular formula is C27H27ClN4O6. The van der Waals surface area contributed by atoms with Gasteiger partial charge in [-0.25, -0.2) is 5.43 Å². The number of halogens is 1. The van der Waals surface area contributed by atoms with Gasteiger partial charge in [0.1, 0.15) is 5.75 Å². The van der Waals surface area contributed by atoms with Crippen LogP contribution in [-0.4, -0.2) is 43.8 Å². The molecular weight excluding hydrogens is 512 g/mol. The molecule has 3 amide bonds. The topological polar surface area (TPSA) is 127 Å². The van der Waals surface area contributed by atoms with E-state index in [-0.39, 0.29) is 29.0 Å². The molecule has 0 aromatic heterocycles. The van der Waals surface area contributed by atoms with Crippen molar-refractivity contribution in [2.45, 2.75) is 13.8 Å². The molecule has 11 heteroatoms. The van der Waals surface area contributed by atoms with Crippen LogP contribution in [0.5, 0.6) is 17.2 Å². The number of benzene rings is 3. The average Bonchev–Trinajstić information content (AvgIpc) is 2.90. The van der Waals surface area contributed by atoms with Crippen LogP contribution >= 0.6 is 11.6 Å². The number of carbonyl (C=O) groups is 3. The van der Waals surface area contributed by atoms with Gasteiger partial charge in [0.15, 0.2) is 18.1 Å². The van der Waals surface area contributed by atoms with Crippen LogP contribution in [0.2, 0.25) is 5.02 Å². The maximum Gasteiger partial charge on any atom is 0.329 e. The third-order valence-corrected chi connectivity index (χ3v) is 5.04. The maximum absolute atomic E-state index is 12.2. The lowest BCUT2D eigenvalue weighted by atomic mass is 10.2. The first-order valence-corrected chi connectivity index (χ1v) is 12.1. The number of ether oxygens (including phenoxy) is 3. The molecule has 0 bridgehead atoms. The van der Waals surface area contributed by atoms with Crippen LogP contribution in [0.25, 0.3) is 0 Å². The van der Waals surface area contributed by atoms with Crippen molar-refractivity contribution in [2.75, 3.05) is 30.5 Å². The molecule has 0 aliphatic heterocycles. The zero-order valence-corrected chi connectivity index (χ0v) is 21.6. The van der Waals surface area contributed by atoms with Gasteiger partial charge in [-0.05, 0) is 55.8 Å². The van der Waals surface area contributed by atoms with E-state index >= 15 is 0 Å². The molecule has 0 saturated carbocycles. The minimum absolute atomic E-state index is 0.168. The lowest BCUT2D eigenvalue weighted by Gasteiger charge is -2.14. The predicted octanol–water partition coefficient (Wildman–Crippen LogP) is 4.24. The zero-order chi connectivity index (χ0) is 27.3. The van der Waals surface area contributed by atoms with Gasteiger partial charge in [-0.1, -0.05) is 41.9 Å². The fourth-order valence-corrected chi connectivity index (χ4v) is 3.44. The Hall–Kier alpha value is -4.57. The lowest BCUT2D eigenvalue weighted by molar-refractivity contribution is -0.136. The van der Waals surface area contributed by atoms with Gasteiger partial charge in [-0.15, -0.1) is 0 Å². The van der Waals surface area contributed by atoms with Crippen molar-refractivity contribution in [1.29, 1.82) is 0 Å². The minimum atomic E-state index is -0.979. The number of hydrogen-bond acceptors (Lipinski definition) is 7. The number of hydrogen-bond donors (Lipinski definition) is 3. The van der Waals surface area contributed by atoms with Crippen molar-refractivity contribution in [3.8, 4) is 17.2 Å². The fraction of sp³-hybridized carbons (Fsp3) is 0.185. The second-order valence-corrected chi connectivity index (χ2v) is 7.96. The summed E-state index contributed by atoms with van der Waals surface area (Å²) < 4.78 is 16.7. The molecule has 3 aromatic rings. The van der Waals surface area contributed by atoms with Crippen LogP contribution < -0.4 is 30.3 Å². The standard InChI is InChI=1S/C27H27ClN4O6/c1-3-36-22-13-9-8-12-21(22)31-26(34)27(35)32-29-16-18-14-20(28)25(23(15-18)37-4-2)38-17-24(33)30-19-10-6-5-7-11-19/h5-16H,3-4,17H2,1-2H3,(H,30,33)(H,31,34)(H,32,35)/b29-16-. The van der Waals surface area contributed by atoms with Gasteiger partial charge in [0.2, 0.25) is 0 Å². The van der Waals surface area contributed by atoms with E-state index in [1.54, 1.807) is 61.5 Å². The molecule has 0 atom stereocenters. The molecule has 0 unspecified atom stereocenters. The SMILES string of the molecule is CCOc1ccccc1NC(=O)C(=O)N/N=C\c1cc(Cl)c(OCC(=O)Nc2ccccc2)c(OCC)c1. The monoisotopic (exact) mass is 538 g/mol. The second-order valence-electron chi connectivity index (χ2n) is 7.55. The molecule has 0 heterocycles. The molecule has 3 rings (SSSR count). The van der Waals surface area contributed by atoms with E-state index in [0.29, 0.717) is 35.9 Å². The van der Waals surface area contributed by atoms with Gasteiger partial charge >= 0.3 is 11.8 Å². The van der Waals surface area contributed by atoms with Crippen LogP contribution in [0.4, 0.5) is 11.4 Å². The Morgan fingerprint density at radius 1 is 0.842 bits per heavy atom. The van der Waals surface area contributed by atoms with E-state index in [9.17, 15) is 14.4 Å². The molecule has 0 aliphatic rings. The number of nitrogens with zero attached hydrogens (tertiary/aromatic N) is 1. The maximum atomic E-state index is 12.2. The first-order chi connectivity index (χ1) is 18.4. The van der Waals surface area contributed by atoms with Crippen LogP contribution in [0.1, 0.15) is 19.4 Å². The quantitative estimate of drug-likeness (QED) is 0.190. The highest BCUT2D eigenvalue weighted by Gasteiger charge is 2.16. The van der Waals surface area contributed by atoms with E-state index in [1.165, 1.54) is 12.3 Å². The van der Waals surface area contributed by atoms with E-state index in [0.717, 1.165) is 0 Å². The van der Waals surface area contributed by atoms with Crippen LogP contribution in [0.15, 0.2) is 71.8 Å². The normalized spacial score (nSPS) is 10.5. The summed E-state index contributed by atoms with van der Waals surface area (Å²) in [5.41, 5.74) is 3.62. The van der Waals surface area contributed by atoms with E-state index in [1.807, 2.05) is 13.0 Å². The summed E-state index contributed by atoms with van der Waals surface area (Å²) in [4.78, 5) is 36.7. The van der Waals surface area contributed by atoms with Gasteiger partial charge in [-0.2, -0.15) is 5.10 Å². The number of rotatable bonds is 11. The van der Waals surface area contributed by atoms with Crippen molar-refractivity contribution in [1.82, 2.24) is 5.43 Å². The summed E-state index contributed by atoms with van der Waals surface area (Å²) in [5, 5.41) is 9.19. The minimum Gasteiger partial charge on any atom is -0.492 e. The number of carbonyl (C=O) groups excluding carboxylic acids is 3. The van der Waals surface area contributed by atoms with Crippen LogP contribution in [0.3, 0.4) is 0 Å². The van der Waals surface area contributed by atoms with Gasteiger partial charge in [-0.3, -0.25) is 14.4 Å². The van der Waals surface area contributed by atoms with E-state index in [2.05, 4.69) is 21.2 Å². The number of hydrazone groups is 1. The van der Waals surface area contributed by atoms with Crippen LogP contribution in [0, 0.1) is 0 Å². The smallest absolute Gasteiger partial charge is 0.329 e. The zero-order valence-electron chi connectivity index (χ0n) is 20.8. The van der Waals surface area contributed by atoms with Crippen LogP contribution in [-0.2, 0) is 14.4 Å². The third-order valence-electron chi connectivity index (χ3n) is 4.76. The van der Waals surface area contributed by atoms with Crippen molar-refractivity contribution in [3.63, 3.8) is 0 Å². The summed E-state index contributed by atoms with van der Waals surface area (Å²) >= 11 is 6.37. The predicted molar refractivity (Wildman–Crippen MR) is 145 cm³/mol. The van der Waals surface area contributed by atoms with Crippen molar-refractivity contribution < 1.29 is 28.6 Å². The third kappa shape index (κ3) is 8.24. The number of para-hydroxylation sites is 3. The van der Waals surface area contributed by atoms with Crippen molar-refractivity contribution >= 4 is 46.9 Å². The summed E-state index contributed by atoms with van der Waals surface area (Å²) in [7, 11) is 0. The number of nitrogens with one attached hydrogen (secondary N) is 3. The molecule has 10 nitrogen and oxygen atoms in total. The highest BCUT2D eigenvalue weighted by atomic mass is 35.5. The molecule has 0 aliphatic carbocycles. The van der Waals surface area contributed by atoms with Crippen molar-refractivity contribution in [3.05, 3.63) is 77.3 Å². The Bertz CT molecular complexity index is 1300. The van der Waals surface area contributed by atoms with Crippen molar-refractivity contribution in [2.24, 2.45) is 5.10 Å². The molecule has 3 N–H and O–H groups in total. The molecule has 0 radical (unpaired) electrons. The largest absolute Gasteiger partial charge is 0.492 e. The number of anilines is 2. The Morgan fingerprint density at radius 2 is 1.53 bits per heavy atom. The molecule has 0 fully saturated rings. The molecule has 0 spiro atoms. The van der Waals surface area contributed by atoms with Gasteiger partial charge < -0.3 is 24.8 Å². The van der Waals surface area contributed by atoms with Gasteiger partial charge in [0, 0.05) is 5.69 Å². The average molecular weight is 539 g/mol. The number of amides is 3. The second kappa shape index (κ2) is 14.2. The molecule has 198 valence electrons. The highest BCUT2D eigenvalue weighted by molar-refractivity contribution is 6.39. The van der Waals surface area contributed by atoms with Gasteiger partial charge in [0.25, 0.3) is 5.91 Å². The molecule has 0 saturated heterocycles. The highest BCUT2D eigenvalue weighted by Crippen LogP contribution is 2.36. The molecule has 3 aromatic carbocycles. The Balaban J connectivity index is 1.61. The van der Waals surface area contributed by atoms with E-state index in [4.69, 9.17) is 25.8 Å². The Labute approximate surface area is 224 Å². The summed E-state index contributed by atoms with van der Waals surface area (Å²) in [6.45, 7) is 4.01. The summed E-state index contributed by atoms with van der Waals surface area (Å²) in [5.74, 6) is -1.36. The first kappa shape index (κ1) is 28.0. The van der Waals surface area contributed by atoms with E-state index < -0.39 is 11.8 Å². The Kier molecular flexibility index (Phi) is 10.5. The molecule has 38 heavy (non-hydrogen) atoms.